The normalized spacial score (nSPS) is 27.8. The van der Waals surface area contributed by atoms with Crippen LogP contribution in [-0.2, 0) is 9.47 Å². The smallest absolute Gasteiger partial charge is 0.343 e. The second-order valence-corrected chi connectivity index (χ2v) is 5.89. The van der Waals surface area contributed by atoms with Crippen molar-refractivity contribution in [1.82, 2.24) is 0 Å². The molecular formula is C14H16Cl2O8. The van der Waals surface area contributed by atoms with Gasteiger partial charge in [-0.25, -0.2) is 4.79 Å². The number of ether oxygens (including phenoxy) is 3. The number of hydrogen-bond donors (Lipinski definition) is 4. The van der Waals surface area contributed by atoms with Gasteiger partial charge in [0.05, 0.1) is 17.2 Å². The Bertz CT molecular complexity index is 611. The molecule has 10 heteroatoms. The van der Waals surface area contributed by atoms with Gasteiger partial charge in [0.1, 0.15) is 36.6 Å². The van der Waals surface area contributed by atoms with E-state index in [1.807, 2.05) is 0 Å². The van der Waals surface area contributed by atoms with Gasteiger partial charge in [0.25, 0.3) is 0 Å². The molecule has 1 aromatic rings. The van der Waals surface area contributed by atoms with Crippen molar-refractivity contribution in [3.05, 3.63) is 27.7 Å². The van der Waals surface area contributed by atoms with Gasteiger partial charge < -0.3 is 34.6 Å². The number of carbonyl (C=O) groups is 1. The molecule has 24 heavy (non-hydrogen) atoms. The lowest BCUT2D eigenvalue weighted by Gasteiger charge is -2.20. The Hall–Kier alpha value is -1.13. The zero-order valence-electron chi connectivity index (χ0n) is 12.4. The predicted molar refractivity (Wildman–Crippen MR) is 82.2 cm³/mol. The van der Waals surface area contributed by atoms with E-state index in [0.717, 1.165) is 0 Å². The minimum Gasteiger partial charge on any atom is -0.494 e. The molecule has 1 fully saturated rings. The summed E-state index contributed by atoms with van der Waals surface area (Å²) in [6.45, 7) is -0.577. The fourth-order valence-electron chi connectivity index (χ4n) is 2.25. The highest BCUT2D eigenvalue weighted by molar-refractivity contribution is 6.37. The summed E-state index contributed by atoms with van der Waals surface area (Å²) in [4.78, 5) is 12.2. The van der Waals surface area contributed by atoms with Crippen LogP contribution >= 0.6 is 23.2 Å². The molecule has 2 rings (SSSR count). The molecule has 0 spiro atoms. The molecular weight excluding hydrogens is 367 g/mol. The highest BCUT2D eigenvalue weighted by Crippen LogP contribution is 2.34. The summed E-state index contributed by atoms with van der Waals surface area (Å²) in [7, 11) is 1.30. The Labute approximate surface area is 147 Å². The van der Waals surface area contributed by atoms with Crippen molar-refractivity contribution in [3.8, 4) is 5.75 Å². The first-order valence-electron chi connectivity index (χ1n) is 6.84. The number of rotatable bonds is 5. The average molecular weight is 383 g/mol. The van der Waals surface area contributed by atoms with Crippen molar-refractivity contribution in [2.75, 3.05) is 13.7 Å². The van der Waals surface area contributed by atoms with Gasteiger partial charge in [0, 0.05) is 0 Å². The largest absolute Gasteiger partial charge is 0.494 e. The minimum absolute atomic E-state index is 0.0200. The van der Waals surface area contributed by atoms with E-state index in [1.165, 1.54) is 19.2 Å². The summed E-state index contributed by atoms with van der Waals surface area (Å²) in [6, 6.07) is 2.83. The molecule has 1 unspecified atom stereocenters. The average Bonchev–Trinajstić information content (AvgIpc) is 2.81. The van der Waals surface area contributed by atoms with Crippen molar-refractivity contribution in [1.29, 1.82) is 0 Å². The van der Waals surface area contributed by atoms with Crippen LogP contribution in [0.25, 0.3) is 0 Å². The van der Waals surface area contributed by atoms with E-state index in [9.17, 15) is 25.2 Å². The first-order chi connectivity index (χ1) is 11.3. The monoisotopic (exact) mass is 382 g/mol. The van der Waals surface area contributed by atoms with Crippen LogP contribution in [0.4, 0.5) is 0 Å². The van der Waals surface area contributed by atoms with Gasteiger partial charge >= 0.3 is 5.97 Å². The molecule has 1 aliphatic heterocycles. The van der Waals surface area contributed by atoms with Crippen LogP contribution < -0.4 is 4.74 Å². The Morgan fingerprint density at radius 1 is 1.25 bits per heavy atom. The highest BCUT2D eigenvalue weighted by Gasteiger charge is 2.45. The summed E-state index contributed by atoms with van der Waals surface area (Å²) in [5.74, 6) is -0.890. The number of esters is 1. The van der Waals surface area contributed by atoms with Crippen LogP contribution in [0.1, 0.15) is 10.4 Å². The Morgan fingerprint density at radius 3 is 2.42 bits per heavy atom. The van der Waals surface area contributed by atoms with Gasteiger partial charge in [-0.1, -0.05) is 23.2 Å². The van der Waals surface area contributed by atoms with E-state index in [0.29, 0.717) is 0 Å². The number of benzene rings is 1. The maximum absolute atomic E-state index is 12.2. The fraction of sp³-hybridized carbons (Fsp3) is 0.500. The highest BCUT2D eigenvalue weighted by atomic mass is 35.5. The summed E-state index contributed by atoms with van der Waals surface area (Å²) in [6.07, 6.45) is -7.54. The molecule has 0 saturated carbocycles. The SMILES string of the molecule is COc1c(Cl)ccc(Cl)c1C(=O)OC[C@@H](O)[C@H]1OC(O)[C@H](O)[C@H]1O. The van der Waals surface area contributed by atoms with Crippen molar-refractivity contribution in [2.45, 2.75) is 30.7 Å². The molecule has 8 nitrogen and oxygen atoms in total. The van der Waals surface area contributed by atoms with E-state index >= 15 is 0 Å². The first kappa shape index (κ1) is 19.2. The van der Waals surface area contributed by atoms with Crippen LogP contribution in [0.2, 0.25) is 10.0 Å². The van der Waals surface area contributed by atoms with E-state index < -0.39 is 43.3 Å². The van der Waals surface area contributed by atoms with E-state index in [1.54, 1.807) is 0 Å². The predicted octanol–water partition coefficient (Wildman–Crippen LogP) is -0.0413. The maximum Gasteiger partial charge on any atom is 0.343 e. The molecule has 5 atom stereocenters. The molecule has 0 bridgehead atoms. The van der Waals surface area contributed by atoms with Crippen molar-refractivity contribution in [2.24, 2.45) is 0 Å². The van der Waals surface area contributed by atoms with Crippen LogP contribution in [0.5, 0.6) is 5.75 Å². The quantitative estimate of drug-likeness (QED) is 0.522. The molecule has 1 aromatic carbocycles. The molecule has 4 N–H and O–H groups in total. The number of aliphatic hydroxyl groups is 4. The topological polar surface area (TPSA) is 126 Å². The Balaban J connectivity index is 2.05. The van der Waals surface area contributed by atoms with Crippen LogP contribution in [-0.4, -0.2) is 70.8 Å². The van der Waals surface area contributed by atoms with Gasteiger partial charge in [0.15, 0.2) is 12.0 Å². The first-order valence-corrected chi connectivity index (χ1v) is 7.60. The molecule has 1 heterocycles. The third-order valence-electron chi connectivity index (χ3n) is 3.51. The van der Waals surface area contributed by atoms with Crippen LogP contribution in [0, 0.1) is 0 Å². The molecule has 0 radical (unpaired) electrons. The summed E-state index contributed by atoms with van der Waals surface area (Å²) >= 11 is 11.9. The van der Waals surface area contributed by atoms with Crippen molar-refractivity contribution < 1.29 is 39.4 Å². The van der Waals surface area contributed by atoms with Crippen molar-refractivity contribution >= 4 is 29.2 Å². The van der Waals surface area contributed by atoms with Gasteiger partial charge in [0.2, 0.25) is 0 Å². The number of methoxy groups -OCH3 is 1. The summed E-state index contributed by atoms with van der Waals surface area (Å²) < 4.78 is 14.8. The maximum atomic E-state index is 12.2. The Morgan fingerprint density at radius 2 is 1.88 bits per heavy atom. The van der Waals surface area contributed by atoms with Crippen LogP contribution in [0.3, 0.4) is 0 Å². The number of aliphatic hydroxyl groups excluding tert-OH is 4. The Kier molecular flexibility index (Phi) is 6.27. The molecule has 1 aliphatic rings. The molecule has 134 valence electrons. The number of hydrogen-bond acceptors (Lipinski definition) is 8. The van der Waals surface area contributed by atoms with Crippen molar-refractivity contribution in [3.63, 3.8) is 0 Å². The van der Waals surface area contributed by atoms with E-state index in [4.69, 9.17) is 37.4 Å². The second kappa shape index (κ2) is 7.83. The lowest BCUT2D eigenvalue weighted by molar-refractivity contribution is -0.150. The summed E-state index contributed by atoms with van der Waals surface area (Å²) in [5, 5.41) is 38.4. The number of halogens is 2. The van der Waals surface area contributed by atoms with Gasteiger partial charge in [-0.3, -0.25) is 0 Å². The van der Waals surface area contributed by atoms with Gasteiger partial charge in [-0.2, -0.15) is 0 Å². The lowest BCUT2D eigenvalue weighted by atomic mass is 10.1. The third kappa shape index (κ3) is 3.75. The lowest BCUT2D eigenvalue weighted by Crippen LogP contribution is -2.41. The zero-order valence-corrected chi connectivity index (χ0v) is 13.9. The van der Waals surface area contributed by atoms with E-state index in [-0.39, 0.29) is 21.4 Å². The molecule has 0 aliphatic carbocycles. The van der Waals surface area contributed by atoms with E-state index in [2.05, 4.69) is 0 Å². The third-order valence-corrected chi connectivity index (χ3v) is 4.12. The van der Waals surface area contributed by atoms with Crippen LogP contribution in [0.15, 0.2) is 12.1 Å². The standard InChI is InChI=1S/C14H16Cl2O8/c1-22-11-6(16)3-2-5(15)8(11)13(20)23-4-7(17)12-9(18)10(19)14(21)24-12/h2-3,7,9-10,12,14,17-19,21H,4H2,1H3/t7-,9-,10-,12-,14?/m1/s1. The minimum atomic E-state index is -1.64. The zero-order chi connectivity index (χ0) is 18.0. The number of carbonyl (C=O) groups excluding carboxylic acids is 1. The van der Waals surface area contributed by atoms with Gasteiger partial charge in [-0.15, -0.1) is 0 Å². The summed E-state index contributed by atoms with van der Waals surface area (Å²) in [5.41, 5.74) is -0.119. The van der Waals surface area contributed by atoms with Gasteiger partial charge in [-0.05, 0) is 12.1 Å². The fourth-order valence-corrected chi connectivity index (χ4v) is 2.71. The molecule has 0 amide bonds. The molecule has 0 aromatic heterocycles. The second-order valence-electron chi connectivity index (χ2n) is 5.08. The molecule has 1 saturated heterocycles.